The van der Waals surface area contributed by atoms with E-state index in [0.717, 1.165) is 36.3 Å². The Morgan fingerprint density at radius 3 is 2.72 bits per heavy atom. The van der Waals surface area contributed by atoms with Crippen molar-refractivity contribution in [3.8, 4) is 6.07 Å². The summed E-state index contributed by atoms with van der Waals surface area (Å²) in [6, 6.07) is 14.2. The molecule has 3 atom stereocenters. The number of likely N-dealkylation sites (tertiary alicyclic amines) is 1. The lowest BCUT2D eigenvalue weighted by molar-refractivity contribution is -0.128. The summed E-state index contributed by atoms with van der Waals surface area (Å²) in [4.78, 5) is 27.3. The standard InChI is InChI=1S/C26H30N4O2/c1-4-10-29-17(2)11-20(18(29)3)12-21(15-27)26(32)28-22-13-25(31)30(16-22)24-14-23(24)19-8-6-5-7-9-19/h5-9,11-12,22-24H,4,10,13-14,16H2,1-3H3,(H,28,32). The van der Waals surface area contributed by atoms with Crippen LogP contribution in [0.2, 0.25) is 0 Å². The highest BCUT2D eigenvalue weighted by Gasteiger charge is 2.48. The average molecular weight is 431 g/mol. The Morgan fingerprint density at radius 2 is 2.03 bits per heavy atom. The molecule has 2 amide bonds. The van der Waals surface area contributed by atoms with E-state index in [1.54, 1.807) is 6.08 Å². The van der Waals surface area contributed by atoms with Gasteiger partial charge in [0.25, 0.3) is 5.91 Å². The van der Waals surface area contributed by atoms with Crippen molar-refractivity contribution in [1.29, 1.82) is 5.26 Å². The fourth-order valence-electron chi connectivity index (χ4n) is 4.84. The molecule has 0 bridgehead atoms. The van der Waals surface area contributed by atoms with Gasteiger partial charge in [0.05, 0.1) is 6.04 Å². The maximum atomic E-state index is 12.8. The zero-order valence-corrected chi connectivity index (χ0v) is 19.0. The lowest BCUT2D eigenvalue weighted by Gasteiger charge is -2.17. The second kappa shape index (κ2) is 9.04. The highest BCUT2D eigenvalue weighted by molar-refractivity contribution is 6.02. The Kier molecular flexibility index (Phi) is 6.18. The quantitative estimate of drug-likeness (QED) is 0.537. The number of carbonyl (C=O) groups is 2. The number of aromatic nitrogens is 1. The van der Waals surface area contributed by atoms with E-state index in [0.29, 0.717) is 12.5 Å². The minimum absolute atomic E-state index is 0.0706. The van der Waals surface area contributed by atoms with Crippen LogP contribution < -0.4 is 5.32 Å². The van der Waals surface area contributed by atoms with E-state index < -0.39 is 5.91 Å². The molecule has 32 heavy (non-hydrogen) atoms. The molecule has 0 radical (unpaired) electrons. The van der Waals surface area contributed by atoms with E-state index >= 15 is 0 Å². The zero-order chi connectivity index (χ0) is 22.8. The largest absolute Gasteiger partial charge is 0.349 e. The van der Waals surface area contributed by atoms with E-state index in [4.69, 9.17) is 0 Å². The van der Waals surface area contributed by atoms with Crippen molar-refractivity contribution in [3.05, 3.63) is 64.5 Å². The Balaban J connectivity index is 1.40. The summed E-state index contributed by atoms with van der Waals surface area (Å²) in [7, 11) is 0. The van der Waals surface area contributed by atoms with Gasteiger partial charge in [0, 0.05) is 42.9 Å². The summed E-state index contributed by atoms with van der Waals surface area (Å²) in [5.41, 5.74) is 4.38. The average Bonchev–Trinajstić information content (AvgIpc) is 3.43. The second-order valence-electron chi connectivity index (χ2n) is 8.89. The molecule has 1 aromatic carbocycles. The molecule has 1 N–H and O–H groups in total. The maximum Gasteiger partial charge on any atom is 0.262 e. The first-order valence-electron chi connectivity index (χ1n) is 11.4. The van der Waals surface area contributed by atoms with Crippen molar-refractivity contribution in [3.63, 3.8) is 0 Å². The van der Waals surface area contributed by atoms with Crippen molar-refractivity contribution < 1.29 is 9.59 Å². The van der Waals surface area contributed by atoms with Crippen LogP contribution in [0.15, 0.2) is 42.0 Å². The van der Waals surface area contributed by atoms with E-state index in [9.17, 15) is 14.9 Å². The topological polar surface area (TPSA) is 78.1 Å². The Bertz CT molecular complexity index is 1090. The Hall–Kier alpha value is -3.33. The molecule has 1 aliphatic carbocycles. The number of benzene rings is 1. The lowest BCUT2D eigenvalue weighted by Crippen LogP contribution is -2.38. The van der Waals surface area contributed by atoms with Gasteiger partial charge in [0.2, 0.25) is 5.91 Å². The van der Waals surface area contributed by atoms with Gasteiger partial charge in [-0.3, -0.25) is 9.59 Å². The van der Waals surface area contributed by atoms with Crippen molar-refractivity contribution >= 4 is 17.9 Å². The third-order valence-corrected chi connectivity index (χ3v) is 6.60. The molecule has 2 aliphatic rings. The summed E-state index contributed by atoms with van der Waals surface area (Å²) in [5.74, 6) is 0.0368. The monoisotopic (exact) mass is 430 g/mol. The number of amides is 2. The summed E-state index contributed by atoms with van der Waals surface area (Å²) in [5, 5.41) is 12.5. The SMILES string of the molecule is CCCn1c(C)cc(C=C(C#N)C(=O)NC2CC(=O)N(C3CC3c3ccccc3)C2)c1C. The summed E-state index contributed by atoms with van der Waals surface area (Å²) in [6.45, 7) is 7.57. The fourth-order valence-corrected chi connectivity index (χ4v) is 4.84. The van der Waals surface area contributed by atoms with Crippen molar-refractivity contribution in [1.82, 2.24) is 14.8 Å². The summed E-state index contributed by atoms with van der Waals surface area (Å²) < 4.78 is 2.20. The van der Waals surface area contributed by atoms with Crippen LogP contribution in [0.25, 0.3) is 6.08 Å². The summed E-state index contributed by atoms with van der Waals surface area (Å²) in [6.07, 6.45) is 3.93. The first-order valence-corrected chi connectivity index (χ1v) is 11.4. The summed E-state index contributed by atoms with van der Waals surface area (Å²) >= 11 is 0. The molecule has 2 heterocycles. The van der Waals surface area contributed by atoms with Gasteiger partial charge in [-0.05, 0) is 50.0 Å². The van der Waals surface area contributed by atoms with Crippen LogP contribution >= 0.6 is 0 Å². The molecule has 1 saturated heterocycles. The fraction of sp³-hybridized carbons (Fsp3) is 0.423. The van der Waals surface area contributed by atoms with E-state index in [1.807, 2.05) is 49.1 Å². The van der Waals surface area contributed by atoms with Crippen LogP contribution in [-0.4, -0.2) is 39.9 Å². The molecule has 2 aromatic rings. The number of nitriles is 1. The Labute approximate surface area is 189 Å². The van der Waals surface area contributed by atoms with Gasteiger partial charge in [-0.25, -0.2) is 0 Å². The third-order valence-electron chi connectivity index (χ3n) is 6.60. The lowest BCUT2D eigenvalue weighted by atomic mass is 10.1. The van der Waals surface area contributed by atoms with Crippen molar-refractivity contribution in [2.24, 2.45) is 0 Å². The van der Waals surface area contributed by atoms with Crippen LogP contribution in [0.4, 0.5) is 0 Å². The van der Waals surface area contributed by atoms with Gasteiger partial charge >= 0.3 is 0 Å². The zero-order valence-electron chi connectivity index (χ0n) is 19.0. The van der Waals surface area contributed by atoms with Crippen LogP contribution in [0.5, 0.6) is 0 Å². The van der Waals surface area contributed by atoms with E-state index in [1.165, 1.54) is 5.56 Å². The number of hydrogen-bond donors (Lipinski definition) is 1. The number of carbonyl (C=O) groups excluding carboxylic acids is 2. The highest BCUT2D eigenvalue weighted by Crippen LogP contribution is 2.45. The van der Waals surface area contributed by atoms with Crippen molar-refractivity contribution in [2.45, 2.75) is 64.6 Å². The molecule has 3 unspecified atom stereocenters. The van der Waals surface area contributed by atoms with Gasteiger partial charge in [-0.1, -0.05) is 37.3 Å². The maximum absolute atomic E-state index is 12.8. The predicted octanol–water partition coefficient (Wildman–Crippen LogP) is 3.70. The molecule has 4 rings (SSSR count). The second-order valence-corrected chi connectivity index (χ2v) is 8.89. The minimum Gasteiger partial charge on any atom is -0.349 e. The first-order chi connectivity index (χ1) is 15.4. The van der Waals surface area contributed by atoms with Crippen molar-refractivity contribution in [2.75, 3.05) is 6.54 Å². The normalized spacial score (nSPS) is 22.7. The van der Waals surface area contributed by atoms with Crippen LogP contribution in [-0.2, 0) is 16.1 Å². The molecular formula is C26H30N4O2. The molecule has 1 saturated carbocycles. The Morgan fingerprint density at radius 1 is 1.28 bits per heavy atom. The number of nitrogens with zero attached hydrogens (tertiary/aromatic N) is 3. The molecule has 1 aliphatic heterocycles. The molecule has 6 nitrogen and oxygen atoms in total. The van der Waals surface area contributed by atoms with Gasteiger partial charge < -0.3 is 14.8 Å². The van der Waals surface area contributed by atoms with Gasteiger partial charge in [-0.15, -0.1) is 0 Å². The minimum atomic E-state index is -0.414. The van der Waals surface area contributed by atoms with E-state index in [2.05, 4.69) is 28.9 Å². The molecule has 1 aromatic heterocycles. The smallest absolute Gasteiger partial charge is 0.262 e. The molecule has 6 heteroatoms. The molecule has 166 valence electrons. The van der Waals surface area contributed by atoms with Gasteiger partial charge in [-0.2, -0.15) is 5.26 Å². The number of nitrogens with one attached hydrogen (secondary N) is 1. The molecule has 0 spiro atoms. The third kappa shape index (κ3) is 4.34. The van der Waals surface area contributed by atoms with Crippen LogP contribution in [0.3, 0.4) is 0 Å². The number of aryl methyl sites for hydroxylation is 1. The number of rotatable bonds is 7. The van der Waals surface area contributed by atoms with E-state index in [-0.39, 0.29) is 30.0 Å². The van der Waals surface area contributed by atoms with Crippen LogP contribution in [0.1, 0.15) is 54.6 Å². The van der Waals surface area contributed by atoms with Crippen LogP contribution in [0, 0.1) is 25.2 Å². The first kappa shape index (κ1) is 21.9. The van der Waals surface area contributed by atoms with Gasteiger partial charge in [0.15, 0.2) is 0 Å². The predicted molar refractivity (Wildman–Crippen MR) is 124 cm³/mol. The molecular weight excluding hydrogens is 400 g/mol. The molecule has 2 fully saturated rings. The highest BCUT2D eigenvalue weighted by atomic mass is 16.2. The number of hydrogen-bond acceptors (Lipinski definition) is 3. The van der Waals surface area contributed by atoms with Gasteiger partial charge in [0.1, 0.15) is 11.6 Å².